The van der Waals surface area contributed by atoms with Crippen LogP contribution in [-0.4, -0.2) is 20.4 Å². The highest BCUT2D eigenvalue weighted by Gasteiger charge is 2.30. The first-order valence-corrected chi connectivity index (χ1v) is 11.1. The first kappa shape index (κ1) is 20.7. The molecule has 0 atom stereocenters. The van der Waals surface area contributed by atoms with Gasteiger partial charge in [-0.25, -0.2) is 4.98 Å². The fourth-order valence-electron chi connectivity index (χ4n) is 4.37. The van der Waals surface area contributed by atoms with Crippen LogP contribution in [0, 0.1) is 0 Å². The van der Waals surface area contributed by atoms with Gasteiger partial charge in [0.05, 0.1) is 0 Å². The first-order chi connectivity index (χ1) is 17.1. The molecule has 35 heavy (non-hydrogen) atoms. The van der Waals surface area contributed by atoms with Gasteiger partial charge in [-0.05, 0) is 59.7 Å². The number of aryl methyl sites for hydroxylation is 1. The number of carbonyl (C=O) groups excluding carboxylic acids is 1. The number of fused-ring (bicyclic) bond motifs is 2. The number of carbonyl (C=O) groups is 1. The van der Waals surface area contributed by atoms with Crippen LogP contribution in [0.15, 0.2) is 97.0 Å². The highest BCUT2D eigenvalue weighted by atomic mass is 16.5. The van der Waals surface area contributed by atoms with Crippen LogP contribution in [0.4, 0.5) is 0 Å². The van der Waals surface area contributed by atoms with E-state index in [9.17, 15) is 9.90 Å². The predicted molar refractivity (Wildman–Crippen MR) is 134 cm³/mol. The molecule has 170 valence electrons. The summed E-state index contributed by atoms with van der Waals surface area (Å²) in [6.07, 6.45) is 5.40. The van der Waals surface area contributed by atoms with Gasteiger partial charge in [-0.3, -0.25) is 4.79 Å². The van der Waals surface area contributed by atoms with Gasteiger partial charge in [-0.2, -0.15) is 0 Å². The summed E-state index contributed by atoms with van der Waals surface area (Å²) in [5.74, 6) is 1.60. The molecule has 0 spiro atoms. The van der Waals surface area contributed by atoms with Crippen molar-refractivity contribution in [2.45, 2.75) is 0 Å². The first-order valence-electron chi connectivity index (χ1n) is 11.1. The lowest BCUT2D eigenvalue weighted by molar-refractivity contribution is 0.101. The highest BCUT2D eigenvalue weighted by molar-refractivity contribution is 6.17. The summed E-state index contributed by atoms with van der Waals surface area (Å²) < 4.78 is 13.6. The molecular weight excluding hydrogens is 440 g/mol. The Morgan fingerprint density at radius 3 is 2.49 bits per heavy atom. The lowest BCUT2D eigenvalue weighted by Crippen LogP contribution is -1.98. The Morgan fingerprint density at radius 2 is 1.71 bits per heavy atom. The summed E-state index contributed by atoms with van der Waals surface area (Å²) in [5, 5.41) is 11.0. The Bertz CT molecular complexity index is 1620. The molecule has 0 saturated carbocycles. The molecule has 0 saturated heterocycles. The van der Waals surface area contributed by atoms with E-state index >= 15 is 0 Å². The Morgan fingerprint density at radius 1 is 0.943 bits per heavy atom. The summed E-state index contributed by atoms with van der Waals surface area (Å²) in [5.41, 5.74) is 3.73. The zero-order valence-electron chi connectivity index (χ0n) is 18.8. The molecule has 1 aliphatic rings. The standard InChI is InChI=1S/C29H20N2O4/c1-31-17-19(16-25-28(33)27-23(32)8-5-9-24(27)35-25)26-22(14-15-30-29(26)31)18-10-12-21(13-11-18)34-20-6-3-2-4-7-20/h2-17,32H,1H3/b25-16-. The Kier molecular flexibility index (Phi) is 4.85. The van der Waals surface area contributed by atoms with Gasteiger partial charge in [0.15, 0.2) is 5.76 Å². The van der Waals surface area contributed by atoms with Crippen molar-refractivity contribution < 1.29 is 19.4 Å². The number of hydrogen-bond donors (Lipinski definition) is 1. The Balaban J connectivity index is 1.40. The summed E-state index contributed by atoms with van der Waals surface area (Å²) in [4.78, 5) is 17.5. The van der Waals surface area contributed by atoms with Crippen molar-refractivity contribution in [2.24, 2.45) is 7.05 Å². The van der Waals surface area contributed by atoms with Crippen molar-refractivity contribution in [2.75, 3.05) is 0 Å². The molecule has 0 fully saturated rings. The van der Waals surface area contributed by atoms with Crippen molar-refractivity contribution in [1.82, 2.24) is 9.55 Å². The second kappa shape index (κ2) is 8.18. The number of aromatic nitrogens is 2. The molecule has 1 aliphatic heterocycles. The number of para-hydroxylation sites is 1. The van der Waals surface area contributed by atoms with E-state index in [4.69, 9.17) is 9.47 Å². The molecule has 2 aromatic heterocycles. The predicted octanol–water partition coefficient (Wildman–Crippen LogP) is 6.35. The number of nitrogens with zero attached hydrogens (tertiary/aromatic N) is 2. The second-order valence-electron chi connectivity index (χ2n) is 8.28. The molecule has 0 amide bonds. The number of hydrogen-bond acceptors (Lipinski definition) is 5. The maximum absolute atomic E-state index is 12.9. The third kappa shape index (κ3) is 3.61. The summed E-state index contributed by atoms with van der Waals surface area (Å²) in [6.45, 7) is 0. The zero-order chi connectivity index (χ0) is 23.9. The number of ether oxygens (including phenoxy) is 2. The number of phenols is 1. The van der Waals surface area contributed by atoms with Crippen molar-refractivity contribution >= 4 is 22.9 Å². The molecule has 6 heteroatoms. The quantitative estimate of drug-likeness (QED) is 0.316. The summed E-state index contributed by atoms with van der Waals surface area (Å²) in [7, 11) is 1.91. The largest absolute Gasteiger partial charge is 0.507 e. The van der Waals surface area contributed by atoms with Crippen molar-refractivity contribution in [3.05, 3.63) is 108 Å². The third-order valence-electron chi connectivity index (χ3n) is 5.99. The van der Waals surface area contributed by atoms with Crippen molar-refractivity contribution in [1.29, 1.82) is 0 Å². The number of Topliss-reactive ketones (excluding diaryl/α,β-unsaturated/α-hetero) is 1. The molecule has 0 bridgehead atoms. The fraction of sp³-hybridized carbons (Fsp3) is 0.0345. The topological polar surface area (TPSA) is 73.6 Å². The van der Waals surface area contributed by atoms with E-state index in [1.165, 1.54) is 6.07 Å². The van der Waals surface area contributed by atoms with Crippen LogP contribution in [0.5, 0.6) is 23.0 Å². The van der Waals surface area contributed by atoms with Gasteiger partial charge in [-0.1, -0.05) is 36.4 Å². The van der Waals surface area contributed by atoms with Crippen LogP contribution in [0.2, 0.25) is 0 Å². The van der Waals surface area contributed by atoms with Crippen molar-refractivity contribution in [3.63, 3.8) is 0 Å². The molecule has 3 aromatic carbocycles. The summed E-state index contributed by atoms with van der Waals surface area (Å²) >= 11 is 0. The maximum Gasteiger partial charge on any atom is 0.235 e. The van der Waals surface area contributed by atoms with E-state index < -0.39 is 0 Å². The normalized spacial score (nSPS) is 13.7. The van der Waals surface area contributed by atoms with E-state index in [1.54, 1.807) is 24.4 Å². The number of pyridine rings is 1. The number of allylic oxidation sites excluding steroid dienone is 1. The SMILES string of the molecule is Cn1cc(/C=C2\Oc3cccc(O)c3C2=O)c2c(-c3ccc(Oc4ccccc4)cc3)ccnc21. The average molecular weight is 460 g/mol. The molecule has 3 heterocycles. The summed E-state index contributed by atoms with van der Waals surface area (Å²) in [6, 6.07) is 24.2. The van der Waals surface area contributed by atoms with E-state index in [0.717, 1.165) is 39.2 Å². The monoisotopic (exact) mass is 460 g/mol. The van der Waals surface area contributed by atoms with Crippen molar-refractivity contribution in [3.8, 4) is 34.1 Å². The lowest BCUT2D eigenvalue weighted by Gasteiger charge is -2.08. The van der Waals surface area contributed by atoms with E-state index in [-0.39, 0.29) is 22.9 Å². The molecule has 0 unspecified atom stereocenters. The average Bonchev–Trinajstić information content (AvgIpc) is 3.37. The maximum atomic E-state index is 12.9. The van der Waals surface area contributed by atoms with Crippen LogP contribution in [0.3, 0.4) is 0 Å². The van der Waals surface area contributed by atoms with Gasteiger partial charge < -0.3 is 19.1 Å². The smallest absolute Gasteiger partial charge is 0.235 e. The van der Waals surface area contributed by atoms with Crippen LogP contribution < -0.4 is 9.47 Å². The number of phenolic OH excluding ortho intramolecular Hbond substituents is 1. The van der Waals surface area contributed by atoms with Gasteiger partial charge in [0, 0.05) is 30.4 Å². The third-order valence-corrected chi connectivity index (χ3v) is 5.99. The minimum Gasteiger partial charge on any atom is -0.507 e. The molecule has 6 rings (SSSR count). The molecule has 0 aliphatic carbocycles. The van der Waals surface area contributed by atoms with Gasteiger partial charge in [0.1, 0.15) is 34.2 Å². The van der Waals surface area contributed by atoms with E-state index in [0.29, 0.717) is 5.75 Å². The molecule has 0 radical (unpaired) electrons. The molecule has 6 nitrogen and oxygen atoms in total. The Hall–Kier alpha value is -4.84. The van der Waals surface area contributed by atoms with E-state index in [2.05, 4.69) is 4.98 Å². The number of rotatable bonds is 4. The highest BCUT2D eigenvalue weighted by Crippen LogP contribution is 2.39. The number of aromatic hydroxyl groups is 1. The number of ketones is 1. The van der Waals surface area contributed by atoms with Crippen LogP contribution >= 0.6 is 0 Å². The fourth-order valence-corrected chi connectivity index (χ4v) is 4.37. The minimum absolute atomic E-state index is 0.0889. The van der Waals surface area contributed by atoms with Crippen LogP contribution in [0.25, 0.3) is 28.2 Å². The van der Waals surface area contributed by atoms with Gasteiger partial charge >= 0.3 is 0 Å². The Labute approximate surface area is 201 Å². The van der Waals surface area contributed by atoms with Crippen LogP contribution in [-0.2, 0) is 7.05 Å². The van der Waals surface area contributed by atoms with E-state index in [1.807, 2.05) is 78.5 Å². The molecule has 1 N–H and O–H groups in total. The minimum atomic E-state index is -0.344. The van der Waals surface area contributed by atoms with Gasteiger partial charge in [0.25, 0.3) is 0 Å². The lowest BCUT2D eigenvalue weighted by atomic mass is 10.0. The zero-order valence-corrected chi connectivity index (χ0v) is 18.8. The van der Waals surface area contributed by atoms with Crippen LogP contribution in [0.1, 0.15) is 15.9 Å². The molecule has 5 aromatic rings. The molecular formula is C29H20N2O4. The van der Waals surface area contributed by atoms with Gasteiger partial charge in [-0.15, -0.1) is 0 Å². The van der Waals surface area contributed by atoms with Gasteiger partial charge in [0.2, 0.25) is 5.78 Å². The number of benzene rings is 3. The second-order valence-corrected chi connectivity index (χ2v) is 8.28.